The number of nitrogens with zero attached hydrogens (tertiary/aromatic N) is 4. The van der Waals surface area contributed by atoms with Gasteiger partial charge in [0.05, 0.1) is 18.8 Å². The van der Waals surface area contributed by atoms with Gasteiger partial charge in [0.15, 0.2) is 5.15 Å². The molecule has 8 heteroatoms. The lowest BCUT2D eigenvalue weighted by Crippen LogP contribution is -2.48. The molecular weight excluding hydrogens is 392 g/mol. The number of rotatable bonds is 5. The van der Waals surface area contributed by atoms with Crippen molar-refractivity contribution in [2.24, 2.45) is 0 Å². The summed E-state index contributed by atoms with van der Waals surface area (Å²) in [4.78, 5) is 23.3. The molecule has 0 radical (unpaired) electrons. The number of carbonyl (C=O) groups excluding carboxylic acids is 1. The van der Waals surface area contributed by atoms with Crippen LogP contribution in [0, 0.1) is 0 Å². The topological polar surface area (TPSA) is 69.0 Å². The number of methoxy groups -OCH3 is 1. The average Bonchev–Trinajstić information content (AvgIpc) is 3.19. The standard InChI is InChI=1S/C21H23ClN4O3/c1-28-14-17-8-7-16(20-24-11-18-19(22)23-9-10-25(18)20)12-26(17)21(27)29-13-15-5-3-2-4-6-15/h2-6,9-11,16-17H,7-8,12-14H2,1H3/t16-,17+/m1/s1. The van der Waals surface area contributed by atoms with Gasteiger partial charge < -0.3 is 14.4 Å². The molecule has 0 N–H and O–H groups in total. The second-order valence-electron chi connectivity index (χ2n) is 7.17. The quantitative estimate of drug-likeness (QED) is 0.633. The molecule has 1 aliphatic rings. The largest absolute Gasteiger partial charge is 0.445 e. The highest BCUT2D eigenvalue weighted by Crippen LogP contribution is 2.31. The second-order valence-corrected chi connectivity index (χ2v) is 7.52. The van der Waals surface area contributed by atoms with Crippen molar-refractivity contribution in [3.05, 3.63) is 65.5 Å². The summed E-state index contributed by atoms with van der Waals surface area (Å²) in [6, 6.07) is 9.65. The lowest BCUT2D eigenvalue weighted by molar-refractivity contribution is 0.0338. The monoisotopic (exact) mass is 414 g/mol. The summed E-state index contributed by atoms with van der Waals surface area (Å²) in [6.45, 7) is 1.24. The van der Waals surface area contributed by atoms with E-state index in [0.29, 0.717) is 18.3 Å². The molecular formula is C21H23ClN4O3. The highest BCUT2D eigenvalue weighted by molar-refractivity contribution is 6.32. The summed E-state index contributed by atoms with van der Waals surface area (Å²) in [7, 11) is 1.65. The van der Waals surface area contributed by atoms with Crippen molar-refractivity contribution in [3.63, 3.8) is 0 Å². The number of hydrogen-bond acceptors (Lipinski definition) is 5. The van der Waals surface area contributed by atoms with E-state index in [1.54, 1.807) is 24.4 Å². The van der Waals surface area contributed by atoms with Gasteiger partial charge in [0.1, 0.15) is 17.9 Å². The van der Waals surface area contributed by atoms with Crippen LogP contribution >= 0.6 is 11.6 Å². The van der Waals surface area contributed by atoms with Crippen LogP contribution in [0.3, 0.4) is 0 Å². The number of aromatic nitrogens is 3. The first-order valence-corrected chi connectivity index (χ1v) is 9.99. The van der Waals surface area contributed by atoms with E-state index in [9.17, 15) is 4.79 Å². The van der Waals surface area contributed by atoms with E-state index in [2.05, 4.69) is 9.97 Å². The van der Waals surface area contributed by atoms with Crippen molar-refractivity contribution in [2.75, 3.05) is 20.3 Å². The van der Waals surface area contributed by atoms with Crippen molar-refractivity contribution in [1.29, 1.82) is 0 Å². The van der Waals surface area contributed by atoms with E-state index in [0.717, 1.165) is 29.7 Å². The minimum Gasteiger partial charge on any atom is -0.445 e. The van der Waals surface area contributed by atoms with Crippen LogP contribution in [0.25, 0.3) is 5.52 Å². The number of piperidine rings is 1. The maximum Gasteiger partial charge on any atom is 0.410 e. The van der Waals surface area contributed by atoms with Gasteiger partial charge in [0.2, 0.25) is 0 Å². The summed E-state index contributed by atoms with van der Waals surface area (Å²) >= 11 is 6.18. The van der Waals surface area contributed by atoms with Gasteiger partial charge >= 0.3 is 6.09 Å². The predicted molar refractivity (Wildman–Crippen MR) is 109 cm³/mol. The van der Waals surface area contributed by atoms with E-state index < -0.39 is 0 Å². The number of ether oxygens (including phenoxy) is 2. The predicted octanol–water partition coefficient (Wildman–Crippen LogP) is 3.91. The smallest absolute Gasteiger partial charge is 0.410 e. The van der Waals surface area contributed by atoms with Crippen LogP contribution in [0.5, 0.6) is 0 Å². The molecule has 2 atom stereocenters. The number of carbonyl (C=O) groups is 1. The Hall–Kier alpha value is -2.64. The fourth-order valence-corrected chi connectivity index (χ4v) is 4.04. The van der Waals surface area contributed by atoms with Crippen LogP contribution in [0.15, 0.2) is 48.9 Å². The summed E-state index contributed by atoms with van der Waals surface area (Å²) in [6.07, 6.45) is 6.61. The maximum atomic E-state index is 12.9. The van der Waals surface area contributed by atoms with Crippen molar-refractivity contribution >= 4 is 23.2 Å². The molecule has 152 valence electrons. The molecule has 7 nitrogen and oxygen atoms in total. The Morgan fingerprint density at radius 3 is 2.86 bits per heavy atom. The van der Waals surface area contributed by atoms with E-state index in [4.69, 9.17) is 21.1 Å². The minimum absolute atomic E-state index is 0.0176. The fraction of sp³-hybridized carbons (Fsp3) is 0.381. The van der Waals surface area contributed by atoms with Crippen LogP contribution in [0.2, 0.25) is 5.15 Å². The molecule has 0 saturated carbocycles. The first-order chi connectivity index (χ1) is 14.2. The third kappa shape index (κ3) is 4.21. The summed E-state index contributed by atoms with van der Waals surface area (Å²) in [5.41, 5.74) is 1.72. The fourth-order valence-electron chi connectivity index (χ4n) is 3.85. The van der Waals surface area contributed by atoms with E-state index >= 15 is 0 Å². The Morgan fingerprint density at radius 2 is 2.07 bits per heavy atom. The molecule has 1 fully saturated rings. The van der Waals surface area contributed by atoms with E-state index in [1.165, 1.54) is 0 Å². The van der Waals surface area contributed by atoms with E-state index in [1.807, 2.05) is 40.9 Å². The van der Waals surface area contributed by atoms with E-state index in [-0.39, 0.29) is 24.7 Å². The SMILES string of the molecule is COC[C@@H]1CC[C@@H](c2ncc3c(Cl)nccn23)CN1C(=O)OCc1ccccc1. The number of halogens is 1. The van der Waals surface area contributed by atoms with Crippen LogP contribution in [-0.4, -0.2) is 51.7 Å². The van der Waals surface area contributed by atoms with Gasteiger partial charge in [-0.2, -0.15) is 0 Å². The summed E-state index contributed by atoms with van der Waals surface area (Å²) < 4.78 is 12.9. The lowest BCUT2D eigenvalue weighted by Gasteiger charge is -2.38. The number of amides is 1. The Morgan fingerprint density at radius 1 is 1.24 bits per heavy atom. The minimum atomic E-state index is -0.332. The number of imidazole rings is 1. The summed E-state index contributed by atoms with van der Waals surface area (Å²) in [5.74, 6) is 0.953. The molecule has 0 aliphatic carbocycles. The molecule has 0 unspecified atom stereocenters. The van der Waals surface area contributed by atoms with Crippen molar-refractivity contribution in [3.8, 4) is 0 Å². The Kier molecular flexibility index (Phi) is 5.97. The lowest BCUT2D eigenvalue weighted by atomic mass is 9.92. The van der Waals surface area contributed by atoms with Crippen LogP contribution in [0.4, 0.5) is 4.79 Å². The highest BCUT2D eigenvalue weighted by Gasteiger charge is 2.35. The molecule has 1 aromatic carbocycles. The number of hydrogen-bond donors (Lipinski definition) is 0. The van der Waals surface area contributed by atoms with Crippen LogP contribution < -0.4 is 0 Å². The normalized spacial score (nSPS) is 19.4. The molecule has 1 aliphatic heterocycles. The van der Waals surface area contributed by atoms with Crippen molar-refractivity contribution in [2.45, 2.75) is 31.4 Å². The Bertz CT molecular complexity index is 978. The first kappa shape index (κ1) is 19.7. The van der Waals surface area contributed by atoms with Gasteiger partial charge in [-0.15, -0.1) is 0 Å². The molecule has 29 heavy (non-hydrogen) atoms. The zero-order valence-corrected chi connectivity index (χ0v) is 17.0. The average molecular weight is 415 g/mol. The second kappa shape index (κ2) is 8.80. The molecule has 1 amide bonds. The number of likely N-dealkylation sites (tertiary alicyclic amines) is 1. The van der Waals surface area contributed by atoms with Gasteiger partial charge in [-0.05, 0) is 18.4 Å². The number of benzene rings is 1. The van der Waals surface area contributed by atoms with Crippen molar-refractivity contribution < 1.29 is 14.3 Å². The molecule has 3 heterocycles. The van der Waals surface area contributed by atoms with Gasteiger partial charge in [-0.1, -0.05) is 41.9 Å². The molecule has 4 rings (SSSR count). The van der Waals surface area contributed by atoms with Gasteiger partial charge in [0.25, 0.3) is 0 Å². The molecule has 0 spiro atoms. The third-order valence-corrected chi connectivity index (χ3v) is 5.60. The van der Waals surface area contributed by atoms with Gasteiger partial charge in [0, 0.05) is 32.0 Å². The Balaban J connectivity index is 1.52. The van der Waals surface area contributed by atoms with Gasteiger partial charge in [-0.25, -0.2) is 14.8 Å². The molecule has 1 saturated heterocycles. The zero-order chi connectivity index (χ0) is 20.2. The van der Waals surface area contributed by atoms with Gasteiger partial charge in [-0.3, -0.25) is 4.40 Å². The van der Waals surface area contributed by atoms with Crippen LogP contribution in [-0.2, 0) is 16.1 Å². The first-order valence-electron chi connectivity index (χ1n) is 9.61. The third-order valence-electron chi connectivity index (χ3n) is 5.31. The zero-order valence-electron chi connectivity index (χ0n) is 16.2. The maximum absolute atomic E-state index is 12.9. The van der Waals surface area contributed by atoms with Crippen LogP contribution in [0.1, 0.15) is 30.1 Å². The summed E-state index contributed by atoms with van der Waals surface area (Å²) in [5, 5.41) is 0.415. The Labute approximate surface area is 174 Å². The highest BCUT2D eigenvalue weighted by atomic mass is 35.5. The molecule has 3 aromatic rings. The number of fused-ring (bicyclic) bond motifs is 1. The molecule has 2 aromatic heterocycles. The molecule has 0 bridgehead atoms. The van der Waals surface area contributed by atoms with Crippen molar-refractivity contribution in [1.82, 2.24) is 19.3 Å².